The van der Waals surface area contributed by atoms with Crippen molar-refractivity contribution in [3.8, 4) is 0 Å². The Morgan fingerprint density at radius 1 is 1.00 bits per heavy atom. The van der Waals surface area contributed by atoms with Crippen LogP contribution in [0.3, 0.4) is 0 Å². The molecule has 0 unspecified atom stereocenters. The van der Waals surface area contributed by atoms with Gasteiger partial charge in [0.15, 0.2) is 0 Å². The van der Waals surface area contributed by atoms with Gasteiger partial charge in [0.1, 0.15) is 5.78 Å². The molecule has 1 atom stereocenters. The third-order valence-corrected chi connectivity index (χ3v) is 5.73. The molecule has 120 valence electrons. The van der Waals surface area contributed by atoms with Gasteiger partial charge in [0.05, 0.1) is 22.3 Å². The highest BCUT2D eigenvalue weighted by molar-refractivity contribution is 7.54. The normalized spacial score (nSPS) is 13.8. The second kappa shape index (κ2) is 7.85. The summed E-state index contributed by atoms with van der Waals surface area (Å²) in [7, 11) is -3.30. The minimum Gasteiger partial charge on any atom is -0.372 e. The zero-order valence-electron chi connectivity index (χ0n) is 12.9. The minimum atomic E-state index is -3.30. The van der Waals surface area contributed by atoms with Crippen molar-refractivity contribution >= 4 is 36.5 Å². The maximum Gasteiger partial charge on any atom is 0.352 e. The van der Waals surface area contributed by atoms with Crippen LogP contribution in [-0.2, 0) is 13.6 Å². The van der Waals surface area contributed by atoms with Crippen LogP contribution in [0.5, 0.6) is 0 Å². The van der Waals surface area contributed by atoms with Gasteiger partial charge in [-0.25, -0.2) is 0 Å². The van der Waals surface area contributed by atoms with Crippen molar-refractivity contribution in [1.82, 2.24) is 0 Å². The molecule has 0 aliphatic rings. The predicted molar refractivity (Wildman–Crippen MR) is 89.6 cm³/mol. The average Bonchev–Trinajstić information content (AvgIpc) is 2.31. The van der Waals surface area contributed by atoms with E-state index in [1.807, 2.05) is 27.7 Å². The SMILES string of the molecule is CC(C)OP(=O)(OC(C)C)[C@H](C)Nc1ccc(Cl)c(Cl)c1. The van der Waals surface area contributed by atoms with E-state index in [9.17, 15) is 4.57 Å². The fourth-order valence-corrected chi connectivity index (χ4v) is 3.90. The highest BCUT2D eigenvalue weighted by atomic mass is 35.5. The van der Waals surface area contributed by atoms with Crippen molar-refractivity contribution in [2.24, 2.45) is 0 Å². The first-order chi connectivity index (χ1) is 9.64. The van der Waals surface area contributed by atoms with Crippen LogP contribution in [0.4, 0.5) is 5.69 Å². The molecule has 0 fully saturated rings. The summed E-state index contributed by atoms with van der Waals surface area (Å²) in [6, 6.07) is 5.12. The molecule has 0 aromatic heterocycles. The van der Waals surface area contributed by atoms with E-state index in [2.05, 4.69) is 5.32 Å². The monoisotopic (exact) mass is 353 g/mol. The smallest absolute Gasteiger partial charge is 0.352 e. The molecule has 7 heteroatoms. The van der Waals surface area contributed by atoms with Crippen LogP contribution in [0.15, 0.2) is 18.2 Å². The van der Waals surface area contributed by atoms with Crippen LogP contribution >= 0.6 is 30.8 Å². The molecule has 1 rings (SSSR count). The van der Waals surface area contributed by atoms with Gasteiger partial charge >= 0.3 is 7.60 Å². The van der Waals surface area contributed by atoms with Crippen molar-refractivity contribution < 1.29 is 13.6 Å². The summed E-state index contributed by atoms with van der Waals surface area (Å²) in [4.78, 5) is 0. The van der Waals surface area contributed by atoms with Gasteiger partial charge in [0, 0.05) is 5.69 Å². The van der Waals surface area contributed by atoms with Crippen molar-refractivity contribution in [3.05, 3.63) is 28.2 Å². The van der Waals surface area contributed by atoms with Crippen molar-refractivity contribution in [3.63, 3.8) is 0 Å². The number of anilines is 1. The molecule has 0 aliphatic heterocycles. The standard InChI is InChI=1S/C14H22Cl2NO3P/c1-9(2)19-21(18,20-10(3)4)11(5)17-12-6-7-13(15)14(16)8-12/h6-11,17H,1-5H3/t11-/m1/s1. The molecule has 0 bridgehead atoms. The van der Waals surface area contributed by atoms with E-state index in [-0.39, 0.29) is 12.2 Å². The Bertz CT molecular complexity index is 509. The fourth-order valence-electron chi connectivity index (χ4n) is 1.70. The topological polar surface area (TPSA) is 47.6 Å². The second-order valence-corrected chi connectivity index (χ2v) is 8.39. The molecule has 1 N–H and O–H groups in total. The van der Waals surface area contributed by atoms with Gasteiger partial charge < -0.3 is 14.4 Å². The maximum atomic E-state index is 12.9. The molecule has 0 amide bonds. The maximum absolute atomic E-state index is 12.9. The first kappa shape index (κ1) is 18.8. The van der Waals surface area contributed by atoms with Crippen LogP contribution in [0, 0.1) is 0 Å². The molecule has 1 aromatic rings. The van der Waals surface area contributed by atoms with Crippen LogP contribution < -0.4 is 5.32 Å². The molecule has 0 spiro atoms. The molecule has 0 saturated heterocycles. The molecular weight excluding hydrogens is 332 g/mol. The Morgan fingerprint density at radius 2 is 1.52 bits per heavy atom. The summed E-state index contributed by atoms with van der Waals surface area (Å²) in [6.07, 6.45) is -0.403. The number of benzene rings is 1. The van der Waals surface area contributed by atoms with Gasteiger partial charge in [-0.2, -0.15) is 0 Å². The minimum absolute atomic E-state index is 0.201. The summed E-state index contributed by atoms with van der Waals surface area (Å²) in [5.74, 6) is -0.514. The highest BCUT2D eigenvalue weighted by Gasteiger charge is 2.35. The lowest BCUT2D eigenvalue weighted by molar-refractivity contribution is 0.139. The Kier molecular flexibility index (Phi) is 7.02. The van der Waals surface area contributed by atoms with Gasteiger partial charge in [0.25, 0.3) is 0 Å². The van der Waals surface area contributed by atoms with Crippen LogP contribution in [0.1, 0.15) is 34.6 Å². The quantitative estimate of drug-likeness (QED) is 0.629. The van der Waals surface area contributed by atoms with Crippen molar-refractivity contribution in [1.29, 1.82) is 0 Å². The molecule has 4 nitrogen and oxygen atoms in total. The average molecular weight is 354 g/mol. The largest absolute Gasteiger partial charge is 0.372 e. The number of rotatable bonds is 7. The summed E-state index contributed by atoms with van der Waals surface area (Å²) in [6.45, 7) is 9.04. The van der Waals surface area contributed by atoms with Crippen molar-refractivity contribution in [2.75, 3.05) is 5.32 Å². The molecule has 0 heterocycles. The number of nitrogens with one attached hydrogen (secondary N) is 1. The number of halogens is 2. The van der Waals surface area contributed by atoms with Gasteiger partial charge in [-0.15, -0.1) is 0 Å². The molecule has 21 heavy (non-hydrogen) atoms. The van der Waals surface area contributed by atoms with Gasteiger partial charge in [0.2, 0.25) is 0 Å². The van der Waals surface area contributed by atoms with E-state index >= 15 is 0 Å². The summed E-state index contributed by atoms with van der Waals surface area (Å²) in [5.41, 5.74) is 0.705. The molecule has 0 saturated carbocycles. The lowest BCUT2D eigenvalue weighted by Crippen LogP contribution is -2.22. The summed E-state index contributed by atoms with van der Waals surface area (Å²) in [5, 5.41) is 4.00. The highest BCUT2D eigenvalue weighted by Crippen LogP contribution is 2.55. The third kappa shape index (κ3) is 5.80. The molecular formula is C14H22Cl2NO3P. The van der Waals surface area contributed by atoms with Gasteiger partial charge in [-0.1, -0.05) is 23.2 Å². The van der Waals surface area contributed by atoms with E-state index in [0.29, 0.717) is 15.7 Å². The van der Waals surface area contributed by atoms with Crippen molar-refractivity contribution in [2.45, 2.75) is 52.6 Å². The predicted octanol–water partition coefficient (Wildman–Crippen LogP) is 5.79. The summed E-state index contributed by atoms with van der Waals surface area (Å²) >= 11 is 11.9. The Hall–Kier alpha value is -0.250. The van der Waals surface area contributed by atoms with E-state index in [4.69, 9.17) is 32.2 Å². The number of hydrogen-bond donors (Lipinski definition) is 1. The van der Waals surface area contributed by atoms with Gasteiger partial charge in [-0.05, 0) is 52.8 Å². The first-order valence-corrected chi connectivity index (χ1v) is 9.19. The van der Waals surface area contributed by atoms with E-state index in [1.54, 1.807) is 25.1 Å². The van der Waals surface area contributed by atoms with Crippen LogP contribution in [-0.4, -0.2) is 18.0 Å². The third-order valence-electron chi connectivity index (χ3n) is 2.48. The molecule has 0 radical (unpaired) electrons. The number of hydrogen-bond acceptors (Lipinski definition) is 4. The van der Waals surface area contributed by atoms with E-state index < -0.39 is 13.4 Å². The first-order valence-electron chi connectivity index (χ1n) is 6.82. The second-order valence-electron chi connectivity index (χ2n) is 5.30. The van der Waals surface area contributed by atoms with Crippen LogP contribution in [0.25, 0.3) is 0 Å². The Morgan fingerprint density at radius 3 is 1.95 bits per heavy atom. The Balaban J connectivity index is 2.92. The van der Waals surface area contributed by atoms with E-state index in [1.165, 1.54) is 0 Å². The Labute approximate surface area is 136 Å². The van der Waals surface area contributed by atoms with Crippen LogP contribution in [0.2, 0.25) is 10.0 Å². The molecule has 1 aromatic carbocycles. The van der Waals surface area contributed by atoms with Gasteiger partial charge in [-0.3, -0.25) is 4.57 Å². The zero-order valence-corrected chi connectivity index (χ0v) is 15.3. The zero-order chi connectivity index (χ0) is 16.2. The lowest BCUT2D eigenvalue weighted by Gasteiger charge is -2.28. The van der Waals surface area contributed by atoms with E-state index in [0.717, 1.165) is 0 Å². The molecule has 0 aliphatic carbocycles. The summed E-state index contributed by atoms with van der Waals surface area (Å²) < 4.78 is 24.0. The lowest BCUT2D eigenvalue weighted by atomic mass is 10.3. The fraction of sp³-hybridized carbons (Fsp3) is 0.571.